The van der Waals surface area contributed by atoms with Gasteiger partial charge < -0.3 is 10.2 Å². The normalized spacial score (nSPS) is 14.1. The van der Waals surface area contributed by atoms with Gasteiger partial charge in [-0.05, 0) is 25.0 Å². The van der Waals surface area contributed by atoms with Crippen LogP contribution in [0.25, 0.3) is 0 Å². The molecule has 14 nitrogen and oxygen atoms in total. The molecule has 182 valence electrons. The molecule has 35 heavy (non-hydrogen) atoms. The molecule has 1 saturated heterocycles. The molecule has 0 spiro atoms. The number of anilines is 4. The molecule has 0 bridgehead atoms. The van der Waals surface area contributed by atoms with Crippen molar-refractivity contribution >= 4 is 55.0 Å². The monoisotopic (exact) mass is 514 g/mol. The number of rotatable bonds is 9. The molecule has 5 heterocycles. The molecular formula is C19H22N12O2S2. The van der Waals surface area contributed by atoms with E-state index in [0.29, 0.717) is 15.4 Å². The number of aromatic nitrogens is 8. The molecule has 1 aliphatic rings. The smallest absolute Gasteiger partial charge is 0.247 e. The average Bonchev–Trinajstić information content (AvgIpc) is 3.64. The maximum atomic E-state index is 12.1. The van der Waals surface area contributed by atoms with E-state index in [9.17, 15) is 9.59 Å². The Balaban J connectivity index is 1.06. The molecular weight excluding hydrogens is 492 g/mol. The lowest BCUT2D eigenvalue weighted by molar-refractivity contribution is -0.117. The second-order valence-corrected chi connectivity index (χ2v) is 9.64. The highest BCUT2D eigenvalue weighted by Gasteiger charge is 2.23. The van der Waals surface area contributed by atoms with Crippen molar-refractivity contribution in [3.05, 3.63) is 36.9 Å². The third kappa shape index (κ3) is 6.15. The van der Waals surface area contributed by atoms with Gasteiger partial charge in [0.25, 0.3) is 0 Å². The van der Waals surface area contributed by atoms with Gasteiger partial charge in [0.1, 0.15) is 13.1 Å². The van der Waals surface area contributed by atoms with Crippen molar-refractivity contribution in [2.45, 2.75) is 32.0 Å². The van der Waals surface area contributed by atoms with Crippen LogP contribution in [0.15, 0.2) is 36.9 Å². The van der Waals surface area contributed by atoms with Crippen LogP contribution in [0.1, 0.15) is 12.8 Å². The quantitative estimate of drug-likeness (QED) is 0.295. The van der Waals surface area contributed by atoms with Crippen molar-refractivity contribution in [3.63, 3.8) is 0 Å². The van der Waals surface area contributed by atoms with Crippen LogP contribution >= 0.6 is 22.7 Å². The lowest BCUT2D eigenvalue weighted by Crippen LogP contribution is -2.39. The molecule has 4 aromatic rings. The fourth-order valence-electron chi connectivity index (χ4n) is 3.52. The van der Waals surface area contributed by atoms with Gasteiger partial charge in [-0.3, -0.25) is 29.6 Å². The number of carbonyl (C=O) groups excluding carboxylic acids is 2. The number of hydrogen-bond acceptors (Lipinski definition) is 12. The molecule has 0 aliphatic carbocycles. The van der Waals surface area contributed by atoms with Crippen LogP contribution in [0.4, 0.5) is 20.5 Å². The van der Waals surface area contributed by atoms with Crippen LogP contribution in [-0.4, -0.2) is 70.9 Å². The summed E-state index contributed by atoms with van der Waals surface area (Å²) in [4.78, 5) is 26.4. The van der Waals surface area contributed by atoms with E-state index in [1.54, 1.807) is 46.3 Å². The zero-order chi connectivity index (χ0) is 24.0. The van der Waals surface area contributed by atoms with Crippen LogP contribution in [0.3, 0.4) is 0 Å². The molecule has 3 N–H and O–H groups in total. The Labute approximate surface area is 207 Å². The van der Waals surface area contributed by atoms with Gasteiger partial charge in [-0.1, -0.05) is 22.7 Å². The Kier molecular flexibility index (Phi) is 6.89. The predicted octanol–water partition coefficient (Wildman–Crippen LogP) is 1.14. The second kappa shape index (κ2) is 10.6. The summed E-state index contributed by atoms with van der Waals surface area (Å²) < 4.78 is 3.09. The van der Waals surface area contributed by atoms with Crippen LogP contribution in [0.2, 0.25) is 0 Å². The number of amides is 2. The molecule has 0 radical (unpaired) electrons. The Morgan fingerprint density at radius 3 is 2.00 bits per heavy atom. The number of piperidine rings is 1. The minimum atomic E-state index is -0.210. The zero-order valence-electron chi connectivity index (χ0n) is 18.4. The third-order valence-corrected chi connectivity index (χ3v) is 6.82. The lowest BCUT2D eigenvalue weighted by Gasteiger charge is -2.31. The van der Waals surface area contributed by atoms with Crippen molar-refractivity contribution in [2.24, 2.45) is 0 Å². The first-order valence-electron chi connectivity index (χ1n) is 10.8. The molecule has 1 fully saturated rings. The van der Waals surface area contributed by atoms with Gasteiger partial charge in [-0.2, -0.15) is 10.2 Å². The van der Waals surface area contributed by atoms with Gasteiger partial charge in [0.2, 0.25) is 32.3 Å². The fourth-order valence-corrected chi connectivity index (χ4v) is 5.07. The highest BCUT2D eigenvalue weighted by molar-refractivity contribution is 7.19. The Hall–Kier alpha value is -3.92. The molecule has 0 saturated carbocycles. The van der Waals surface area contributed by atoms with Gasteiger partial charge >= 0.3 is 0 Å². The topological polar surface area (TPSA) is 161 Å². The lowest BCUT2D eigenvalue weighted by atomic mass is 10.1. The van der Waals surface area contributed by atoms with E-state index in [0.717, 1.165) is 31.1 Å². The number of nitrogens with zero attached hydrogens (tertiary/aromatic N) is 9. The molecule has 0 atom stereocenters. The predicted molar refractivity (Wildman–Crippen MR) is 130 cm³/mol. The molecule has 4 aromatic heterocycles. The standard InChI is InChI=1S/C19H22N12O2S2/c32-14(11-30-7-1-5-20-30)23-17-26-25-16(34-17)22-13-3-9-29(10-4-13)19-28-27-18(35-19)24-15(33)12-31-8-2-6-21-31/h1-2,5-8,13H,3-4,9-12H2,(H,22,25)(H,23,26,32)(H,24,27,33). The summed E-state index contributed by atoms with van der Waals surface area (Å²) in [6.07, 6.45) is 8.45. The van der Waals surface area contributed by atoms with E-state index in [4.69, 9.17) is 0 Å². The van der Waals surface area contributed by atoms with Crippen molar-refractivity contribution < 1.29 is 9.59 Å². The highest BCUT2D eigenvalue weighted by Crippen LogP contribution is 2.28. The van der Waals surface area contributed by atoms with Gasteiger partial charge in [-0.15, -0.1) is 20.4 Å². The van der Waals surface area contributed by atoms with E-state index in [-0.39, 0.29) is 30.9 Å². The van der Waals surface area contributed by atoms with E-state index >= 15 is 0 Å². The largest absolute Gasteiger partial charge is 0.357 e. The average molecular weight is 515 g/mol. The van der Waals surface area contributed by atoms with E-state index in [1.165, 1.54) is 22.7 Å². The summed E-state index contributed by atoms with van der Waals surface area (Å²) >= 11 is 2.65. The summed E-state index contributed by atoms with van der Waals surface area (Å²) in [5, 5.41) is 35.8. The van der Waals surface area contributed by atoms with Crippen LogP contribution in [-0.2, 0) is 22.7 Å². The number of hydrogen-bond donors (Lipinski definition) is 3. The van der Waals surface area contributed by atoms with E-state index < -0.39 is 0 Å². The summed E-state index contributed by atoms with van der Waals surface area (Å²) in [7, 11) is 0. The summed E-state index contributed by atoms with van der Waals surface area (Å²) in [6.45, 7) is 1.83. The summed E-state index contributed by atoms with van der Waals surface area (Å²) in [5.41, 5.74) is 0. The van der Waals surface area contributed by atoms with Gasteiger partial charge in [0.05, 0.1) is 0 Å². The van der Waals surface area contributed by atoms with Crippen molar-refractivity contribution in [1.82, 2.24) is 40.0 Å². The van der Waals surface area contributed by atoms with Gasteiger partial charge in [0.15, 0.2) is 0 Å². The fraction of sp³-hybridized carbons (Fsp3) is 0.368. The van der Waals surface area contributed by atoms with Crippen LogP contribution in [0.5, 0.6) is 0 Å². The third-order valence-electron chi connectivity index (χ3n) is 5.15. The van der Waals surface area contributed by atoms with Crippen molar-refractivity contribution in [1.29, 1.82) is 0 Å². The van der Waals surface area contributed by atoms with E-state index in [2.05, 4.69) is 51.4 Å². The molecule has 2 amide bonds. The first-order valence-corrected chi connectivity index (χ1v) is 12.5. The second-order valence-electron chi connectivity index (χ2n) is 7.71. The van der Waals surface area contributed by atoms with Gasteiger partial charge in [0, 0.05) is 43.9 Å². The van der Waals surface area contributed by atoms with Crippen molar-refractivity contribution in [3.8, 4) is 0 Å². The van der Waals surface area contributed by atoms with Crippen molar-refractivity contribution in [2.75, 3.05) is 33.9 Å². The molecule has 0 unspecified atom stereocenters. The number of nitrogens with one attached hydrogen (secondary N) is 3. The summed E-state index contributed by atoms with van der Waals surface area (Å²) in [6, 6.07) is 3.76. The van der Waals surface area contributed by atoms with Crippen LogP contribution < -0.4 is 20.9 Å². The summed E-state index contributed by atoms with van der Waals surface area (Å²) in [5.74, 6) is -0.410. The maximum Gasteiger partial charge on any atom is 0.247 e. The minimum Gasteiger partial charge on any atom is -0.357 e. The SMILES string of the molecule is O=C(Cn1cccn1)Nc1nnc(NC2CCN(c3nnc(NC(=O)Cn4cccn4)s3)CC2)s1. The Bertz CT molecular complexity index is 1240. The molecule has 0 aromatic carbocycles. The zero-order valence-corrected chi connectivity index (χ0v) is 20.1. The highest BCUT2D eigenvalue weighted by atomic mass is 32.1. The Morgan fingerprint density at radius 1 is 0.829 bits per heavy atom. The first-order chi connectivity index (χ1) is 17.1. The maximum absolute atomic E-state index is 12.1. The molecule has 5 rings (SSSR count). The molecule has 1 aliphatic heterocycles. The molecule has 16 heteroatoms. The minimum absolute atomic E-state index is 0.120. The number of carbonyl (C=O) groups is 2. The van der Waals surface area contributed by atoms with Crippen LogP contribution in [0, 0.1) is 0 Å². The van der Waals surface area contributed by atoms with E-state index in [1.807, 2.05) is 0 Å². The first kappa shape index (κ1) is 22.9. The van der Waals surface area contributed by atoms with Gasteiger partial charge in [-0.25, -0.2) is 0 Å². The Morgan fingerprint density at radius 2 is 1.40 bits per heavy atom.